The monoisotopic (exact) mass is 378 g/mol. The van der Waals surface area contributed by atoms with Gasteiger partial charge in [-0.3, -0.25) is 4.79 Å². The van der Waals surface area contributed by atoms with Crippen LogP contribution in [0, 0.1) is 5.82 Å². The summed E-state index contributed by atoms with van der Waals surface area (Å²) in [5.41, 5.74) is 2.42. The maximum Gasteiger partial charge on any atom is 0.185 e. The predicted molar refractivity (Wildman–Crippen MR) is 109 cm³/mol. The van der Waals surface area contributed by atoms with E-state index in [1.54, 1.807) is 24.9 Å². The number of carbonyl (C=O) groups is 1. The lowest BCUT2D eigenvalue weighted by Crippen LogP contribution is -1.94. The molecule has 0 radical (unpaired) electrons. The molecule has 0 heterocycles. The van der Waals surface area contributed by atoms with Crippen molar-refractivity contribution in [2.45, 2.75) is 10.6 Å². The third-order valence-corrected chi connectivity index (χ3v) is 5.07. The highest BCUT2D eigenvalue weighted by molar-refractivity contribution is 7.98. The highest BCUT2D eigenvalue weighted by Gasteiger charge is 2.06. The van der Waals surface area contributed by atoms with E-state index in [0.717, 1.165) is 22.6 Å². The quantitative estimate of drug-likeness (QED) is 0.286. The van der Waals surface area contributed by atoms with Crippen molar-refractivity contribution in [1.82, 2.24) is 0 Å². The lowest BCUT2D eigenvalue weighted by molar-refractivity contribution is 0.104. The van der Waals surface area contributed by atoms with E-state index in [1.165, 1.54) is 35.2 Å². The molecular formula is C23H19FO2S. The van der Waals surface area contributed by atoms with Gasteiger partial charge in [0, 0.05) is 21.8 Å². The molecule has 0 aliphatic carbocycles. The van der Waals surface area contributed by atoms with Gasteiger partial charge in [-0.1, -0.05) is 36.4 Å². The van der Waals surface area contributed by atoms with Gasteiger partial charge in [0.25, 0.3) is 0 Å². The van der Waals surface area contributed by atoms with E-state index >= 15 is 0 Å². The van der Waals surface area contributed by atoms with Gasteiger partial charge in [-0.15, -0.1) is 11.8 Å². The number of methoxy groups -OCH3 is 1. The second-order valence-electron chi connectivity index (χ2n) is 5.88. The maximum absolute atomic E-state index is 12.9. The first kappa shape index (κ1) is 18.9. The molecule has 0 N–H and O–H groups in total. The second kappa shape index (κ2) is 9.19. The third-order valence-electron chi connectivity index (χ3n) is 4.00. The Labute approximate surface area is 162 Å². The molecule has 0 atom stereocenters. The number of carbonyl (C=O) groups excluding carboxylic acids is 1. The Kier molecular flexibility index (Phi) is 6.44. The van der Waals surface area contributed by atoms with Crippen LogP contribution in [-0.4, -0.2) is 12.9 Å². The van der Waals surface area contributed by atoms with E-state index in [9.17, 15) is 9.18 Å². The minimum absolute atomic E-state index is 0.169. The molecule has 0 aliphatic rings. The summed E-state index contributed by atoms with van der Waals surface area (Å²) in [6.45, 7) is 0. The van der Waals surface area contributed by atoms with Crippen LogP contribution in [-0.2, 0) is 5.75 Å². The van der Waals surface area contributed by atoms with Crippen molar-refractivity contribution in [2.75, 3.05) is 7.11 Å². The normalized spacial score (nSPS) is 10.9. The molecular weight excluding hydrogens is 359 g/mol. The third kappa shape index (κ3) is 5.31. The summed E-state index contributed by atoms with van der Waals surface area (Å²) in [7, 11) is 1.64. The summed E-state index contributed by atoms with van der Waals surface area (Å²) in [6, 6.07) is 21.6. The van der Waals surface area contributed by atoms with Gasteiger partial charge in [-0.05, 0) is 54.1 Å². The lowest BCUT2D eigenvalue weighted by atomic mass is 10.1. The van der Waals surface area contributed by atoms with Crippen LogP contribution in [0.1, 0.15) is 21.5 Å². The molecule has 0 amide bonds. The minimum atomic E-state index is -0.357. The Balaban J connectivity index is 1.69. The van der Waals surface area contributed by atoms with E-state index in [-0.39, 0.29) is 11.6 Å². The molecule has 0 unspecified atom stereocenters. The fourth-order valence-corrected chi connectivity index (χ4v) is 3.45. The average molecular weight is 378 g/mol. The van der Waals surface area contributed by atoms with Crippen molar-refractivity contribution < 1.29 is 13.9 Å². The molecule has 0 aliphatic heterocycles. The van der Waals surface area contributed by atoms with Gasteiger partial charge in [-0.2, -0.15) is 0 Å². The summed E-state index contributed by atoms with van der Waals surface area (Å²) < 4.78 is 18.5. The molecule has 3 aromatic rings. The van der Waals surface area contributed by atoms with Crippen LogP contribution in [0.15, 0.2) is 83.8 Å². The van der Waals surface area contributed by atoms with Crippen LogP contribution in [0.3, 0.4) is 0 Å². The zero-order valence-corrected chi connectivity index (χ0v) is 15.7. The number of allylic oxidation sites excluding steroid dienone is 1. The van der Waals surface area contributed by atoms with Crippen molar-refractivity contribution in [3.8, 4) is 5.75 Å². The number of hydrogen-bond donors (Lipinski definition) is 0. The van der Waals surface area contributed by atoms with E-state index in [0.29, 0.717) is 5.56 Å². The zero-order chi connectivity index (χ0) is 19.1. The Morgan fingerprint density at radius 3 is 2.48 bits per heavy atom. The molecule has 3 aromatic carbocycles. The standard InChI is InChI=1S/C23H19FO2S/c1-26-23-15-17(8-14-22(25)18-10-12-20(24)13-11-18)7-9-19(23)16-27-21-5-3-2-4-6-21/h2-15H,16H2,1H3/b14-8+. The molecule has 0 fully saturated rings. The predicted octanol–water partition coefficient (Wildman–Crippen LogP) is 6.02. The molecule has 0 aromatic heterocycles. The van der Waals surface area contributed by atoms with Gasteiger partial charge in [0.2, 0.25) is 0 Å². The Morgan fingerprint density at radius 2 is 1.78 bits per heavy atom. The van der Waals surface area contributed by atoms with Crippen LogP contribution < -0.4 is 4.74 Å². The second-order valence-corrected chi connectivity index (χ2v) is 6.93. The number of ether oxygens (including phenoxy) is 1. The summed E-state index contributed by atoms with van der Waals surface area (Å²) >= 11 is 1.74. The highest BCUT2D eigenvalue weighted by Crippen LogP contribution is 2.29. The molecule has 3 rings (SSSR count). The average Bonchev–Trinajstić information content (AvgIpc) is 2.72. The van der Waals surface area contributed by atoms with Gasteiger partial charge < -0.3 is 4.74 Å². The largest absolute Gasteiger partial charge is 0.496 e. The molecule has 136 valence electrons. The fourth-order valence-electron chi connectivity index (χ4n) is 2.54. The molecule has 0 spiro atoms. The topological polar surface area (TPSA) is 26.3 Å². The first-order valence-corrected chi connectivity index (χ1v) is 9.47. The van der Waals surface area contributed by atoms with Crippen molar-refractivity contribution in [1.29, 1.82) is 0 Å². The van der Waals surface area contributed by atoms with E-state index < -0.39 is 0 Å². The van der Waals surface area contributed by atoms with Gasteiger partial charge in [0.05, 0.1) is 7.11 Å². The summed E-state index contributed by atoms with van der Waals surface area (Å²) in [5, 5.41) is 0. The maximum atomic E-state index is 12.9. The molecule has 0 saturated carbocycles. The molecule has 4 heteroatoms. The van der Waals surface area contributed by atoms with E-state index in [1.807, 2.05) is 36.4 Å². The number of ketones is 1. The number of benzene rings is 3. The van der Waals surface area contributed by atoms with Gasteiger partial charge in [-0.25, -0.2) is 4.39 Å². The van der Waals surface area contributed by atoms with Crippen LogP contribution in [0.5, 0.6) is 5.75 Å². The fraction of sp³-hybridized carbons (Fsp3) is 0.0870. The van der Waals surface area contributed by atoms with Crippen LogP contribution in [0.25, 0.3) is 6.08 Å². The van der Waals surface area contributed by atoms with Gasteiger partial charge in [0.15, 0.2) is 5.78 Å². The number of thioether (sulfide) groups is 1. The lowest BCUT2D eigenvalue weighted by Gasteiger charge is -2.09. The zero-order valence-electron chi connectivity index (χ0n) is 14.9. The summed E-state index contributed by atoms with van der Waals surface area (Å²) in [5.74, 6) is 1.06. The Hall–Kier alpha value is -2.85. The molecule has 0 saturated heterocycles. The van der Waals surface area contributed by atoms with Crippen LogP contribution in [0.4, 0.5) is 4.39 Å². The van der Waals surface area contributed by atoms with Gasteiger partial charge in [0.1, 0.15) is 11.6 Å². The van der Waals surface area contributed by atoms with Crippen molar-refractivity contribution in [3.63, 3.8) is 0 Å². The van der Waals surface area contributed by atoms with Crippen LogP contribution in [0.2, 0.25) is 0 Å². The first-order chi connectivity index (χ1) is 13.2. The Bertz CT molecular complexity index is 934. The number of halogens is 1. The number of rotatable bonds is 7. The smallest absolute Gasteiger partial charge is 0.185 e. The van der Waals surface area contributed by atoms with Crippen molar-refractivity contribution in [2.24, 2.45) is 0 Å². The van der Waals surface area contributed by atoms with Crippen molar-refractivity contribution in [3.05, 3.63) is 101 Å². The minimum Gasteiger partial charge on any atom is -0.496 e. The molecule has 2 nitrogen and oxygen atoms in total. The van der Waals surface area contributed by atoms with E-state index in [2.05, 4.69) is 12.1 Å². The van der Waals surface area contributed by atoms with Gasteiger partial charge >= 0.3 is 0 Å². The van der Waals surface area contributed by atoms with Crippen LogP contribution >= 0.6 is 11.8 Å². The molecule has 0 bridgehead atoms. The highest BCUT2D eigenvalue weighted by atomic mass is 32.2. The first-order valence-electron chi connectivity index (χ1n) is 8.48. The number of hydrogen-bond acceptors (Lipinski definition) is 3. The summed E-state index contributed by atoms with van der Waals surface area (Å²) in [4.78, 5) is 13.4. The molecule has 27 heavy (non-hydrogen) atoms. The van der Waals surface area contributed by atoms with Crippen molar-refractivity contribution >= 4 is 23.6 Å². The van der Waals surface area contributed by atoms with E-state index in [4.69, 9.17) is 4.74 Å². The summed E-state index contributed by atoms with van der Waals surface area (Å²) in [6.07, 6.45) is 3.22. The SMILES string of the molecule is COc1cc(/C=C/C(=O)c2ccc(F)cc2)ccc1CSc1ccccc1. The Morgan fingerprint density at radius 1 is 1.04 bits per heavy atom.